The number of carbonyl (C=O) groups excluding carboxylic acids is 1. The molecule has 24 heavy (non-hydrogen) atoms. The molecule has 0 unspecified atom stereocenters. The molecule has 0 aliphatic carbocycles. The van der Waals surface area contributed by atoms with Crippen LogP contribution in [0.1, 0.15) is 51.0 Å². The Morgan fingerprint density at radius 1 is 1.25 bits per heavy atom. The molecule has 1 amide bonds. The molecular formula is C19H23NOS3. The van der Waals surface area contributed by atoms with Gasteiger partial charge in [0, 0.05) is 17.0 Å². The van der Waals surface area contributed by atoms with Gasteiger partial charge in [0.05, 0.1) is 16.1 Å². The molecule has 5 heteroatoms. The predicted octanol–water partition coefficient (Wildman–Crippen LogP) is 6.53. The summed E-state index contributed by atoms with van der Waals surface area (Å²) in [4.78, 5) is 16.6. The fourth-order valence-corrected chi connectivity index (χ4v) is 6.84. The van der Waals surface area contributed by atoms with Gasteiger partial charge >= 0.3 is 0 Å². The maximum Gasteiger partial charge on any atom is 0.230 e. The Bertz CT molecular complexity index is 843. The summed E-state index contributed by atoms with van der Waals surface area (Å²) >= 11 is 5.62. The molecule has 0 fully saturated rings. The molecule has 1 aromatic heterocycles. The number of aryl methyl sites for hydroxylation is 1. The molecule has 128 valence electrons. The monoisotopic (exact) mass is 377 g/mol. The predicted molar refractivity (Wildman–Crippen MR) is 108 cm³/mol. The van der Waals surface area contributed by atoms with Crippen molar-refractivity contribution in [3.8, 4) is 11.1 Å². The number of nitrogens with zero attached hydrogens (tertiary/aromatic N) is 1. The molecule has 2 aromatic rings. The van der Waals surface area contributed by atoms with Gasteiger partial charge < -0.3 is 4.90 Å². The van der Waals surface area contributed by atoms with Crippen LogP contribution in [0.25, 0.3) is 11.1 Å². The van der Waals surface area contributed by atoms with Gasteiger partial charge in [-0.05, 0) is 45.7 Å². The van der Waals surface area contributed by atoms with E-state index in [9.17, 15) is 4.79 Å². The van der Waals surface area contributed by atoms with Crippen LogP contribution in [0, 0.1) is 16.7 Å². The zero-order valence-electron chi connectivity index (χ0n) is 14.8. The highest BCUT2D eigenvalue weighted by Gasteiger charge is 2.44. The zero-order valence-corrected chi connectivity index (χ0v) is 17.3. The Morgan fingerprint density at radius 2 is 1.92 bits per heavy atom. The second kappa shape index (κ2) is 6.36. The van der Waals surface area contributed by atoms with Crippen LogP contribution in [0.2, 0.25) is 0 Å². The van der Waals surface area contributed by atoms with Crippen LogP contribution in [0.3, 0.4) is 0 Å². The van der Waals surface area contributed by atoms with Crippen LogP contribution >= 0.6 is 32.9 Å². The SMILES string of the molecule is CCC(CC)C(=O)N1c2ccc(C)cc2-c2c(ssc2=S)C1(C)C. The molecule has 1 aliphatic rings. The van der Waals surface area contributed by atoms with Crippen LogP contribution in [-0.4, -0.2) is 5.91 Å². The maximum absolute atomic E-state index is 13.3. The maximum atomic E-state index is 13.3. The first-order chi connectivity index (χ1) is 11.3. The summed E-state index contributed by atoms with van der Waals surface area (Å²) in [5.74, 6) is 0.289. The van der Waals surface area contributed by atoms with Gasteiger partial charge in [-0.1, -0.05) is 58.4 Å². The molecule has 0 spiro atoms. The first-order valence-electron chi connectivity index (χ1n) is 8.41. The van der Waals surface area contributed by atoms with E-state index in [-0.39, 0.29) is 17.4 Å². The molecule has 0 saturated carbocycles. The summed E-state index contributed by atoms with van der Waals surface area (Å²) in [6.07, 6.45) is 1.74. The third kappa shape index (κ3) is 2.57. The lowest BCUT2D eigenvalue weighted by molar-refractivity contribution is -0.123. The van der Waals surface area contributed by atoms with Gasteiger partial charge in [0.25, 0.3) is 0 Å². The highest BCUT2D eigenvalue weighted by molar-refractivity contribution is 7.80. The molecule has 0 bridgehead atoms. The van der Waals surface area contributed by atoms with Gasteiger partial charge in [0.15, 0.2) is 0 Å². The summed E-state index contributed by atoms with van der Waals surface area (Å²) < 4.78 is 0.935. The first kappa shape index (κ1) is 17.8. The Kier molecular flexibility index (Phi) is 4.71. The van der Waals surface area contributed by atoms with Gasteiger partial charge in [0.1, 0.15) is 3.82 Å². The van der Waals surface area contributed by atoms with Gasteiger partial charge in [-0.2, -0.15) is 0 Å². The lowest BCUT2D eigenvalue weighted by Gasteiger charge is -2.44. The van der Waals surface area contributed by atoms with Crippen LogP contribution in [0.5, 0.6) is 0 Å². The van der Waals surface area contributed by atoms with Crippen molar-refractivity contribution in [3.05, 3.63) is 32.5 Å². The lowest BCUT2D eigenvalue weighted by atomic mass is 9.85. The third-order valence-corrected chi connectivity index (χ3v) is 8.29. The highest BCUT2D eigenvalue weighted by atomic mass is 32.9. The second-order valence-corrected chi connectivity index (χ2v) is 9.74. The Labute approximate surface area is 156 Å². The van der Waals surface area contributed by atoms with E-state index in [0.29, 0.717) is 0 Å². The van der Waals surface area contributed by atoms with Crippen LogP contribution in [0.15, 0.2) is 18.2 Å². The smallest absolute Gasteiger partial charge is 0.230 e. The van der Waals surface area contributed by atoms with Crippen molar-refractivity contribution < 1.29 is 4.79 Å². The highest BCUT2D eigenvalue weighted by Crippen LogP contribution is 2.52. The van der Waals surface area contributed by atoms with E-state index in [4.69, 9.17) is 12.2 Å². The summed E-state index contributed by atoms with van der Waals surface area (Å²) in [7, 11) is 3.36. The molecule has 0 atom stereocenters. The molecular weight excluding hydrogens is 354 g/mol. The number of carbonyl (C=O) groups is 1. The molecule has 0 radical (unpaired) electrons. The molecule has 1 aliphatic heterocycles. The number of anilines is 1. The molecule has 1 aromatic carbocycles. The number of rotatable bonds is 3. The summed E-state index contributed by atoms with van der Waals surface area (Å²) in [5, 5.41) is 0. The van der Waals surface area contributed by atoms with Crippen molar-refractivity contribution >= 4 is 44.5 Å². The topological polar surface area (TPSA) is 20.3 Å². The number of hydrogen-bond donors (Lipinski definition) is 0. The number of fused-ring (bicyclic) bond motifs is 3. The summed E-state index contributed by atoms with van der Waals surface area (Å²) in [5.41, 5.74) is 4.12. The molecule has 3 rings (SSSR count). The van der Waals surface area contributed by atoms with Gasteiger partial charge in [0.2, 0.25) is 5.91 Å². The third-order valence-electron chi connectivity index (χ3n) is 4.96. The normalized spacial score (nSPS) is 15.3. The van der Waals surface area contributed by atoms with Crippen molar-refractivity contribution in [2.45, 2.75) is 53.0 Å². The van der Waals surface area contributed by atoms with E-state index in [2.05, 4.69) is 52.8 Å². The van der Waals surface area contributed by atoms with Crippen molar-refractivity contribution in [1.82, 2.24) is 0 Å². The van der Waals surface area contributed by atoms with E-state index in [0.717, 1.165) is 33.5 Å². The first-order valence-corrected chi connectivity index (χ1v) is 11.0. The van der Waals surface area contributed by atoms with Crippen LogP contribution < -0.4 is 4.90 Å². The van der Waals surface area contributed by atoms with E-state index in [1.54, 1.807) is 20.7 Å². The van der Waals surface area contributed by atoms with Crippen LogP contribution in [0.4, 0.5) is 5.69 Å². The molecule has 0 saturated heterocycles. The Morgan fingerprint density at radius 3 is 2.54 bits per heavy atom. The van der Waals surface area contributed by atoms with Crippen molar-refractivity contribution in [3.63, 3.8) is 0 Å². The number of hydrogen-bond acceptors (Lipinski definition) is 4. The summed E-state index contributed by atoms with van der Waals surface area (Å²) in [6, 6.07) is 6.35. The minimum absolute atomic E-state index is 0.0617. The minimum atomic E-state index is -0.366. The van der Waals surface area contributed by atoms with Crippen molar-refractivity contribution in [2.75, 3.05) is 4.90 Å². The Hall–Kier alpha value is -1.04. The molecule has 2 heterocycles. The Balaban J connectivity index is 2.29. The second-order valence-electron chi connectivity index (χ2n) is 6.92. The largest absolute Gasteiger partial charge is 0.301 e. The standard InChI is InChI=1S/C19H23NOS3/c1-6-12(7-2)17(21)20-14-9-8-11(3)10-13(14)15-16(19(20,4)5)23-24-18(15)22/h8-10,12H,6-7H2,1-5H3. The summed E-state index contributed by atoms with van der Waals surface area (Å²) in [6.45, 7) is 10.6. The number of amides is 1. The average molecular weight is 378 g/mol. The molecule has 2 nitrogen and oxygen atoms in total. The van der Waals surface area contributed by atoms with Gasteiger partial charge in [-0.25, -0.2) is 0 Å². The quantitative estimate of drug-likeness (QED) is 0.447. The van der Waals surface area contributed by atoms with E-state index < -0.39 is 0 Å². The van der Waals surface area contributed by atoms with Gasteiger partial charge in [-0.3, -0.25) is 4.79 Å². The lowest BCUT2D eigenvalue weighted by Crippen LogP contribution is -2.50. The minimum Gasteiger partial charge on any atom is -0.301 e. The van der Waals surface area contributed by atoms with Crippen molar-refractivity contribution in [1.29, 1.82) is 0 Å². The van der Waals surface area contributed by atoms with Crippen LogP contribution in [-0.2, 0) is 10.3 Å². The fourth-order valence-electron chi connectivity index (χ4n) is 3.56. The van der Waals surface area contributed by atoms with Crippen molar-refractivity contribution in [2.24, 2.45) is 5.92 Å². The van der Waals surface area contributed by atoms with Gasteiger partial charge in [-0.15, -0.1) is 0 Å². The number of benzene rings is 1. The zero-order chi connectivity index (χ0) is 17.6. The fraction of sp³-hybridized carbons (Fsp3) is 0.474. The molecule has 0 N–H and O–H groups in total. The van der Waals surface area contributed by atoms with E-state index in [1.807, 2.05) is 4.90 Å². The van der Waals surface area contributed by atoms with E-state index in [1.165, 1.54) is 10.4 Å². The van der Waals surface area contributed by atoms with E-state index >= 15 is 0 Å². The average Bonchev–Trinajstić information content (AvgIpc) is 2.92.